The first-order valence-electron chi connectivity index (χ1n) is 9.49. The molecule has 0 spiro atoms. The Labute approximate surface area is 184 Å². The van der Waals surface area contributed by atoms with E-state index in [2.05, 4.69) is 0 Å². The minimum absolute atomic E-state index is 0.0740. The first-order valence-corrected chi connectivity index (χ1v) is 9.87. The van der Waals surface area contributed by atoms with Gasteiger partial charge in [-0.3, -0.25) is 9.59 Å². The molecule has 8 heteroatoms. The molecule has 1 N–H and O–H groups in total. The molecule has 0 aliphatic heterocycles. The van der Waals surface area contributed by atoms with Gasteiger partial charge in [-0.25, -0.2) is 0 Å². The summed E-state index contributed by atoms with van der Waals surface area (Å²) in [5.74, 6) is 0.298. The summed E-state index contributed by atoms with van der Waals surface area (Å²) >= 11 is 6.23. The van der Waals surface area contributed by atoms with Gasteiger partial charge in [0.25, 0.3) is 0 Å². The number of benzene rings is 2. The van der Waals surface area contributed by atoms with E-state index in [-0.39, 0.29) is 35.5 Å². The van der Waals surface area contributed by atoms with Gasteiger partial charge in [-0.2, -0.15) is 0 Å². The van der Waals surface area contributed by atoms with Crippen molar-refractivity contribution in [3.63, 3.8) is 0 Å². The van der Waals surface area contributed by atoms with Crippen molar-refractivity contribution in [1.82, 2.24) is 0 Å². The van der Waals surface area contributed by atoms with Crippen LogP contribution in [0.3, 0.4) is 0 Å². The molecule has 3 aromatic rings. The van der Waals surface area contributed by atoms with Crippen LogP contribution in [0.5, 0.6) is 17.2 Å². The van der Waals surface area contributed by atoms with E-state index in [1.54, 1.807) is 44.2 Å². The Balaban J connectivity index is 2.12. The highest BCUT2D eigenvalue weighted by Gasteiger charge is 2.26. The fourth-order valence-corrected chi connectivity index (χ4v) is 3.46. The van der Waals surface area contributed by atoms with Gasteiger partial charge in [-0.15, -0.1) is 0 Å². The third-order valence-corrected chi connectivity index (χ3v) is 5.01. The minimum Gasteiger partial charge on any atom is -0.493 e. The molecular weight excluding hydrogens is 424 g/mol. The molecule has 0 fully saturated rings. The smallest absolute Gasteiger partial charge is 0.304 e. The number of rotatable bonds is 8. The first kappa shape index (κ1) is 22.5. The van der Waals surface area contributed by atoms with Crippen molar-refractivity contribution >= 4 is 28.5 Å². The lowest BCUT2D eigenvalue weighted by Gasteiger charge is -2.24. The van der Waals surface area contributed by atoms with Crippen molar-refractivity contribution in [1.29, 1.82) is 0 Å². The lowest BCUT2D eigenvalue weighted by Crippen LogP contribution is -2.25. The fourth-order valence-electron chi connectivity index (χ4n) is 3.24. The molecular formula is C23H23ClO7. The van der Waals surface area contributed by atoms with Crippen LogP contribution in [-0.2, 0) is 4.79 Å². The summed E-state index contributed by atoms with van der Waals surface area (Å²) in [4.78, 5) is 23.7. The maximum atomic E-state index is 12.6. The largest absolute Gasteiger partial charge is 0.493 e. The van der Waals surface area contributed by atoms with E-state index in [9.17, 15) is 9.59 Å². The van der Waals surface area contributed by atoms with E-state index in [0.29, 0.717) is 27.5 Å². The Hall–Kier alpha value is -3.19. The van der Waals surface area contributed by atoms with Crippen molar-refractivity contribution in [3.05, 3.63) is 51.6 Å². The molecule has 1 aromatic heterocycles. The topological polar surface area (TPSA) is 95.2 Å². The molecule has 0 saturated heterocycles. The van der Waals surface area contributed by atoms with Gasteiger partial charge < -0.3 is 23.7 Å². The van der Waals surface area contributed by atoms with Gasteiger partial charge in [-0.05, 0) is 24.3 Å². The van der Waals surface area contributed by atoms with Crippen LogP contribution in [0.2, 0.25) is 5.02 Å². The summed E-state index contributed by atoms with van der Waals surface area (Å²) in [7, 11) is 2.94. The summed E-state index contributed by atoms with van der Waals surface area (Å²) in [6, 6.07) is 9.67. The highest BCUT2D eigenvalue weighted by atomic mass is 35.5. The summed E-state index contributed by atoms with van der Waals surface area (Å²) in [5, 5.41) is 9.80. The van der Waals surface area contributed by atoms with Crippen LogP contribution in [0.1, 0.15) is 20.3 Å². The lowest BCUT2D eigenvalue weighted by molar-refractivity contribution is -0.139. The SMILES string of the molecule is COc1ccc(-c2cc(=O)c3cccc(Cl)c3o2)c(OC)c1OCC(C)(C)CC(=O)O. The quantitative estimate of drug-likeness (QED) is 0.519. The van der Waals surface area contributed by atoms with Crippen LogP contribution >= 0.6 is 11.6 Å². The number of carboxylic acids is 1. The predicted octanol–water partition coefficient (Wildman–Crippen LogP) is 5.01. The second-order valence-corrected chi connectivity index (χ2v) is 8.20. The van der Waals surface area contributed by atoms with E-state index in [1.165, 1.54) is 20.3 Å². The van der Waals surface area contributed by atoms with E-state index < -0.39 is 11.4 Å². The minimum atomic E-state index is -0.920. The van der Waals surface area contributed by atoms with Gasteiger partial charge >= 0.3 is 5.97 Å². The molecule has 0 aliphatic carbocycles. The maximum absolute atomic E-state index is 12.6. The Bertz CT molecular complexity index is 1180. The third kappa shape index (κ3) is 4.77. The number of aliphatic carboxylic acids is 1. The molecule has 0 amide bonds. The predicted molar refractivity (Wildman–Crippen MR) is 118 cm³/mol. The first-order chi connectivity index (χ1) is 14.7. The Morgan fingerprint density at radius 3 is 2.52 bits per heavy atom. The van der Waals surface area contributed by atoms with Crippen molar-refractivity contribution in [2.75, 3.05) is 20.8 Å². The number of carboxylic acid groups (broad SMARTS) is 1. The number of fused-ring (bicyclic) bond motifs is 1. The van der Waals surface area contributed by atoms with Gasteiger partial charge in [0.15, 0.2) is 22.5 Å². The molecule has 0 saturated carbocycles. The highest BCUT2D eigenvalue weighted by Crippen LogP contribution is 2.45. The van der Waals surface area contributed by atoms with E-state index in [1.807, 2.05) is 0 Å². The average molecular weight is 447 g/mol. The third-order valence-electron chi connectivity index (χ3n) is 4.71. The summed E-state index contributed by atoms with van der Waals surface area (Å²) in [6.07, 6.45) is -0.0740. The zero-order valence-electron chi connectivity index (χ0n) is 17.7. The van der Waals surface area contributed by atoms with Crippen molar-refractivity contribution in [3.8, 4) is 28.6 Å². The summed E-state index contributed by atoms with van der Waals surface area (Å²) in [5.41, 5.74) is -0.148. The number of halogens is 1. The van der Waals surface area contributed by atoms with Crippen LogP contribution < -0.4 is 19.6 Å². The molecule has 0 atom stereocenters. The van der Waals surface area contributed by atoms with Crippen LogP contribution in [0.15, 0.2) is 45.6 Å². The average Bonchev–Trinajstić information content (AvgIpc) is 2.71. The number of methoxy groups -OCH3 is 2. The van der Waals surface area contributed by atoms with Crippen LogP contribution in [0, 0.1) is 5.41 Å². The van der Waals surface area contributed by atoms with Crippen LogP contribution in [-0.4, -0.2) is 31.9 Å². The number of hydrogen-bond donors (Lipinski definition) is 1. The zero-order valence-corrected chi connectivity index (χ0v) is 18.4. The monoisotopic (exact) mass is 446 g/mol. The van der Waals surface area contributed by atoms with Gasteiger partial charge in [0.1, 0.15) is 5.76 Å². The maximum Gasteiger partial charge on any atom is 0.304 e. The number of hydrogen-bond acceptors (Lipinski definition) is 6. The Kier molecular flexibility index (Phi) is 6.45. The second kappa shape index (κ2) is 8.89. The molecule has 0 bridgehead atoms. The van der Waals surface area contributed by atoms with Crippen molar-refractivity contribution in [2.24, 2.45) is 5.41 Å². The van der Waals surface area contributed by atoms with Crippen LogP contribution in [0.4, 0.5) is 0 Å². The normalized spacial score (nSPS) is 11.4. The van der Waals surface area contributed by atoms with E-state index in [0.717, 1.165) is 0 Å². The van der Waals surface area contributed by atoms with E-state index >= 15 is 0 Å². The Morgan fingerprint density at radius 2 is 1.87 bits per heavy atom. The van der Waals surface area contributed by atoms with Gasteiger partial charge in [0.05, 0.1) is 43.2 Å². The molecule has 0 unspecified atom stereocenters. The van der Waals surface area contributed by atoms with Crippen molar-refractivity contribution < 1.29 is 28.5 Å². The molecule has 7 nitrogen and oxygen atoms in total. The molecule has 3 rings (SSSR count). The van der Waals surface area contributed by atoms with Crippen LogP contribution in [0.25, 0.3) is 22.3 Å². The standard InChI is InChI=1S/C23H23ClO7/c1-23(2,11-19(26)27)12-30-22-17(28-3)9-8-14(21(22)29-4)18-10-16(25)13-6-5-7-15(24)20(13)31-18/h5-10H,11-12H2,1-4H3,(H,26,27). The molecule has 164 valence electrons. The summed E-state index contributed by atoms with van der Waals surface area (Å²) < 4.78 is 22.9. The van der Waals surface area contributed by atoms with Crippen molar-refractivity contribution in [2.45, 2.75) is 20.3 Å². The molecule has 31 heavy (non-hydrogen) atoms. The Morgan fingerprint density at radius 1 is 1.13 bits per heavy atom. The number of ether oxygens (including phenoxy) is 3. The highest BCUT2D eigenvalue weighted by molar-refractivity contribution is 6.34. The number of para-hydroxylation sites is 1. The van der Waals surface area contributed by atoms with Gasteiger partial charge in [-0.1, -0.05) is 31.5 Å². The van der Waals surface area contributed by atoms with E-state index in [4.69, 9.17) is 35.3 Å². The van der Waals surface area contributed by atoms with Gasteiger partial charge in [0.2, 0.25) is 5.75 Å². The number of carbonyl (C=O) groups is 1. The summed E-state index contributed by atoms with van der Waals surface area (Å²) in [6.45, 7) is 3.67. The molecule has 0 radical (unpaired) electrons. The zero-order chi connectivity index (χ0) is 22.8. The molecule has 2 aromatic carbocycles. The lowest BCUT2D eigenvalue weighted by atomic mass is 9.90. The molecule has 0 aliphatic rings. The molecule has 1 heterocycles. The fraction of sp³-hybridized carbons (Fsp3) is 0.304. The second-order valence-electron chi connectivity index (χ2n) is 7.79. The van der Waals surface area contributed by atoms with Gasteiger partial charge in [0, 0.05) is 11.5 Å².